The molecule has 1 atom stereocenters. The number of hydrogen-bond donors (Lipinski definition) is 0. The van der Waals surface area contributed by atoms with Crippen LogP contribution in [0.1, 0.15) is 11.1 Å². The van der Waals surface area contributed by atoms with Crippen molar-refractivity contribution < 1.29 is 8.60 Å². The smallest absolute Gasteiger partial charge is 0.174 e. The van der Waals surface area contributed by atoms with E-state index in [4.69, 9.17) is 11.6 Å². The summed E-state index contributed by atoms with van der Waals surface area (Å²) < 4.78 is 27.9. The number of rotatable bonds is 0. The average Bonchev–Trinajstić information content (AvgIpc) is 2.27. The third kappa shape index (κ3) is 1.30. The van der Waals surface area contributed by atoms with Crippen LogP contribution in [0.25, 0.3) is 0 Å². The molecule has 0 N–H and O–H groups in total. The van der Waals surface area contributed by atoms with E-state index in [1.165, 1.54) is 12.1 Å². The molecule has 1 aromatic carbocycles. The highest BCUT2D eigenvalue weighted by atomic mass is 35.5. The fourth-order valence-corrected chi connectivity index (χ4v) is 2.69. The van der Waals surface area contributed by atoms with Gasteiger partial charge in [0.25, 0.3) is 0 Å². The maximum absolute atomic E-state index is 12.9. The molecule has 0 aliphatic carbocycles. The van der Waals surface area contributed by atoms with E-state index in [1.54, 1.807) is 6.92 Å². The summed E-state index contributed by atoms with van der Waals surface area (Å²) in [6.07, 6.45) is 0. The molecule has 68 valence electrons. The van der Waals surface area contributed by atoms with Gasteiger partial charge in [-0.25, -0.2) is 8.60 Å². The first-order valence-electron chi connectivity index (χ1n) is 3.56. The van der Waals surface area contributed by atoms with Gasteiger partial charge < -0.3 is 0 Å². The van der Waals surface area contributed by atoms with Crippen molar-refractivity contribution in [2.24, 2.45) is 4.40 Å². The van der Waals surface area contributed by atoms with E-state index >= 15 is 0 Å². The van der Waals surface area contributed by atoms with Crippen molar-refractivity contribution in [3.8, 4) is 0 Å². The number of fused-ring (bicyclic) bond motifs is 1. The lowest BCUT2D eigenvalue weighted by molar-refractivity contribution is 0.624. The second kappa shape index (κ2) is 2.89. The summed E-state index contributed by atoms with van der Waals surface area (Å²) in [6, 6.07) is 2.57. The maximum Gasteiger partial charge on any atom is 0.174 e. The van der Waals surface area contributed by atoms with E-state index < -0.39 is 11.0 Å². The highest BCUT2D eigenvalue weighted by molar-refractivity contribution is 7.84. The lowest BCUT2D eigenvalue weighted by Crippen LogP contribution is -1.94. The number of benzene rings is 1. The lowest BCUT2D eigenvalue weighted by Gasteiger charge is -2.01. The van der Waals surface area contributed by atoms with Crippen molar-refractivity contribution in [1.82, 2.24) is 0 Å². The van der Waals surface area contributed by atoms with Crippen LogP contribution in [-0.2, 0) is 11.0 Å². The highest BCUT2D eigenvalue weighted by Crippen LogP contribution is 2.28. The van der Waals surface area contributed by atoms with Crippen LogP contribution in [0.2, 0.25) is 0 Å². The van der Waals surface area contributed by atoms with E-state index in [0.717, 1.165) is 0 Å². The Kier molecular flexibility index (Phi) is 1.96. The first-order chi connectivity index (χ1) is 6.09. The van der Waals surface area contributed by atoms with Gasteiger partial charge in [0.2, 0.25) is 0 Å². The van der Waals surface area contributed by atoms with Gasteiger partial charge in [0.05, 0.1) is 4.90 Å². The second-order valence-corrected chi connectivity index (χ2v) is 4.18. The van der Waals surface area contributed by atoms with Crippen molar-refractivity contribution in [2.75, 3.05) is 0 Å². The molecule has 0 aromatic heterocycles. The topological polar surface area (TPSA) is 29.4 Å². The van der Waals surface area contributed by atoms with Gasteiger partial charge >= 0.3 is 0 Å². The third-order valence-electron chi connectivity index (χ3n) is 1.80. The molecule has 2 nitrogen and oxygen atoms in total. The lowest BCUT2D eigenvalue weighted by atomic mass is 10.1. The van der Waals surface area contributed by atoms with Crippen LogP contribution >= 0.6 is 11.6 Å². The van der Waals surface area contributed by atoms with Crippen LogP contribution in [0.15, 0.2) is 21.4 Å². The quantitative estimate of drug-likeness (QED) is 0.655. The third-order valence-corrected chi connectivity index (χ3v) is 3.43. The second-order valence-electron chi connectivity index (χ2n) is 2.73. The Labute approximate surface area is 82.0 Å². The monoisotopic (exact) mass is 217 g/mol. The molecule has 2 rings (SSSR count). The van der Waals surface area contributed by atoms with Gasteiger partial charge in [-0.05, 0) is 24.6 Å². The molecule has 0 amide bonds. The summed E-state index contributed by atoms with van der Waals surface area (Å²) in [6.45, 7) is 1.69. The number of nitrogens with zero attached hydrogens (tertiary/aromatic N) is 1. The largest absolute Gasteiger partial charge is 0.229 e. The molecule has 13 heavy (non-hydrogen) atoms. The van der Waals surface area contributed by atoms with Crippen LogP contribution in [0.4, 0.5) is 4.39 Å². The van der Waals surface area contributed by atoms with Crippen LogP contribution in [0.3, 0.4) is 0 Å². The van der Waals surface area contributed by atoms with Gasteiger partial charge in [0, 0.05) is 5.56 Å². The van der Waals surface area contributed by atoms with Crippen LogP contribution in [0, 0.1) is 12.7 Å². The minimum Gasteiger partial charge on any atom is -0.229 e. The molecule has 0 radical (unpaired) electrons. The molecule has 1 unspecified atom stereocenters. The SMILES string of the molecule is Cc1cc(F)cc2c1S(=O)N=C2Cl. The Morgan fingerprint density at radius 1 is 1.54 bits per heavy atom. The standard InChI is InChI=1S/C8H5ClFNOS/c1-4-2-5(10)3-6-7(4)13(12)11-8(6)9/h2-3H,1H3. The first-order valence-corrected chi connectivity index (χ1v) is 5.04. The van der Waals surface area contributed by atoms with E-state index in [1.807, 2.05) is 0 Å². The highest BCUT2D eigenvalue weighted by Gasteiger charge is 2.23. The summed E-state index contributed by atoms with van der Waals surface area (Å²) in [4.78, 5) is 0.520. The Balaban J connectivity index is 2.77. The van der Waals surface area contributed by atoms with Crippen molar-refractivity contribution in [3.63, 3.8) is 0 Å². The Morgan fingerprint density at radius 3 is 2.92 bits per heavy atom. The zero-order valence-corrected chi connectivity index (χ0v) is 8.25. The Morgan fingerprint density at radius 2 is 2.23 bits per heavy atom. The zero-order chi connectivity index (χ0) is 9.59. The van der Waals surface area contributed by atoms with Gasteiger partial charge in [-0.15, -0.1) is 0 Å². The number of aryl methyl sites for hydroxylation is 1. The van der Waals surface area contributed by atoms with E-state index in [9.17, 15) is 8.60 Å². The molecule has 1 aliphatic heterocycles. The molecule has 1 heterocycles. The summed E-state index contributed by atoms with van der Waals surface area (Å²) in [5, 5.41) is 0.121. The number of hydrogen-bond acceptors (Lipinski definition) is 1. The molecular formula is C8H5ClFNOS. The van der Waals surface area contributed by atoms with Gasteiger partial charge in [0.1, 0.15) is 11.0 Å². The van der Waals surface area contributed by atoms with Crippen LogP contribution < -0.4 is 0 Å². The molecule has 0 bridgehead atoms. The fourth-order valence-electron chi connectivity index (χ4n) is 1.28. The minimum absolute atomic E-state index is 0.121. The van der Waals surface area contributed by atoms with Crippen molar-refractivity contribution in [1.29, 1.82) is 0 Å². The fraction of sp³-hybridized carbons (Fsp3) is 0.125. The summed E-state index contributed by atoms with van der Waals surface area (Å²) in [7, 11) is -1.46. The average molecular weight is 218 g/mol. The molecule has 0 spiro atoms. The van der Waals surface area contributed by atoms with Gasteiger partial charge in [0.15, 0.2) is 11.0 Å². The van der Waals surface area contributed by atoms with Crippen molar-refractivity contribution >= 4 is 27.8 Å². The van der Waals surface area contributed by atoms with Crippen molar-refractivity contribution in [3.05, 3.63) is 29.1 Å². The maximum atomic E-state index is 12.9. The molecule has 0 saturated heterocycles. The van der Waals surface area contributed by atoms with E-state index in [-0.39, 0.29) is 11.0 Å². The Hall–Kier alpha value is -0.740. The normalized spacial score (nSPS) is 19.9. The molecule has 0 fully saturated rings. The molecule has 1 aromatic rings. The molecule has 1 aliphatic rings. The summed E-state index contributed by atoms with van der Waals surface area (Å²) in [5.74, 6) is -0.386. The van der Waals surface area contributed by atoms with E-state index in [0.29, 0.717) is 16.0 Å². The predicted molar refractivity (Wildman–Crippen MR) is 49.9 cm³/mol. The van der Waals surface area contributed by atoms with Crippen molar-refractivity contribution in [2.45, 2.75) is 11.8 Å². The minimum atomic E-state index is -1.46. The van der Waals surface area contributed by atoms with Crippen LogP contribution in [-0.4, -0.2) is 9.38 Å². The van der Waals surface area contributed by atoms with Gasteiger partial charge in [-0.2, -0.15) is 4.40 Å². The summed E-state index contributed by atoms with van der Waals surface area (Å²) >= 11 is 5.67. The van der Waals surface area contributed by atoms with E-state index in [2.05, 4.69) is 4.40 Å². The molecule has 0 saturated carbocycles. The predicted octanol–water partition coefficient (Wildman–Crippen LogP) is 2.16. The Bertz CT molecular complexity index is 444. The van der Waals surface area contributed by atoms with Crippen LogP contribution in [0.5, 0.6) is 0 Å². The van der Waals surface area contributed by atoms with Gasteiger partial charge in [-0.1, -0.05) is 11.6 Å². The number of halogens is 2. The first kappa shape index (κ1) is 8.84. The zero-order valence-electron chi connectivity index (χ0n) is 6.67. The van der Waals surface area contributed by atoms with Gasteiger partial charge in [-0.3, -0.25) is 0 Å². The molecule has 5 heteroatoms. The molecular weight excluding hydrogens is 213 g/mol. The summed E-state index contributed by atoms with van der Waals surface area (Å²) in [5.41, 5.74) is 1.06.